The van der Waals surface area contributed by atoms with Gasteiger partial charge in [0, 0.05) is 17.8 Å². The standard InChI is InChI=1S/C14H14ClN5O/c1-7-4-13-18-19-14(20(13)8(2)17-7)9-5-10(15)11(16)6-12(9)21-3/h4-6H,16H2,1-3H3. The highest BCUT2D eigenvalue weighted by molar-refractivity contribution is 6.33. The van der Waals surface area contributed by atoms with E-state index in [0.717, 1.165) is 22.7 Å². The van der Waals surface area contributed by atoms with Gasteiger partial charge in [-0.15, -0.1) is 10.2 Å². The van der Waals surface area contributed by atoms with Crippen LogP contribution in [0.25, 0.3) is 17.0 Å². The lowest BCUT2D eigenvalue weighted by Crippen LogP contribution is -2.01. The average molecular weight is 304 g/mol. The zero-order valence-electron chi connectivity index (χ0n) is 11.9. The van der Waals surface area contributed by atoms with Gasteiger partial charge in [0.1, 0.15) is 11.6 Å². The van der Waals surface area contributed by atoms with E-state index in [1.165, 1.54) is 0 Å². The minimum absolute atomic E-state index is 0.445. The Labute approximate surface area is 126 Å². The number of ether oxygens (including phenoxy) is 1. The van der Waals surface area contributed by atoms with Gasteiger partial charge in [-0.1, -0.05) is 11.6 Å². The van der Waals surface area contributed by atoms with Gasteiger partial charge in [0.2, 0.25) is 0 Å². The van der Waals surface area contributed by atoms with Gasteiger partial charge < -0.3 is 10.5 Å². The van der Waals surface area contributed by atoms with Crippen LogP contribution in [0.1, 0.15) is 11.5 Å². The number of benzene rings is 1. The molecule has 7 heteroatoms. The van der Waals surface area contributed by atoms with E-state index in [1.807, 2.05) is 24.3 Å². The van der Waals surface area contributed by atoms with Gasteiger partial charge in [0.25, 0.3) is 0 Å². The molecule has 0 aliphatic heterocycles. The average Bonchev–Trinajstić information content (AvgIpc) is 2.85. The number of nitrogens with zero attached hydrogens (tertiary/aromatic N) is 4. The van der Waals surface area contributed by atoms with Gasteiger partial charge in [-0.2, -0.15) is 0 Å². The normalized spacial score (nSPS) is 11.0. The van der Waals surface area contributed by atoms with E-state index in [1.54, 1.807) is 19.2 Å². The van der Waals surface area contributed by atoms with Crippen molar-refractivity contribution in [2.75, 3.05) is 12.8 Å². The molecule has 0 bridgehead atoms. The summed E-state index contributed by atoms with van der Waals surface area (Å²) in [5.41, 5.74) is 8.61. The second-order valence-corrected chi connectivity index (χ2v) is 5.14. The monoisotopic (exact) mass is 303 g/mol. The lowest BCUT2D eigenvalue weighted by molar-refractivity contribution is 0.416. The molecule has 108 valence electrons. The third-order valence-corrected chi connectivity index (χ3v) is 3.57. The Hall–Kier alpha value is -2.34. The van der Waals surface area contributed by atoms with Crippen LogP contribution in [-0.2, 0) is 0 Å². The molecular weight excluding hydrogens is 290 g/mol. The van der Waals surface area contributed by atoms with Crippen molar-refractivity contribution >= 4 is 22.9 Å². The molecule has 0 saturated heterocycles. The van der Waals surface area contributed by atoms with Crippen molar-refractivity contribution in [3.8, 4) is 17.1 Å². The Bertz CT molecular complexity index is 843. The second-order valence-electron chi connectivity index (χ2n) is 4.74. The van der Waals surface area contributed by atoms with Crippen molar-refractivity contribution in [2.45, 2.75) is 13.8 Å². The fraction of sp³-hybridized carbons (Fsp3) is 0.214. The molecule has 0 fully saturated rings. The molecule has 6 nitrogen and oxygen atoms in total. The molecule has 0 radical (unpaired) electrons. The maximum absolute atomic E-state index is 6.12. The molecule has 0 saturated carbocycles. The van der Waals surface area contributed by atoms with Gasteiger partial charge in [-0.05, 0) is 19.9 Å². The first kappa shape index (κ1) is 13.6. The van der Waals surface area contributed by atoms with E-state index >= 15 is 0 Å². The summed E-state index contributed by atoms with van der Waals surface area (Å²) in [6, 6.07) is 5.27. The van der Waals surface area contributed by atoms with Crippen molar-refractivity contribution < 1.29 is 4.74 Å². The number of aryl methyl sites for hydroxylation is 2. The summed E-state index contributed by atoms with van der Waals surface area (Å²) < 4.78 is 7.24. The summed E-state index contributed by atoms with van der Waals surface area (Å²) in [7, 11) is 1.57. The summed E-state index contributed by atoms with van der Waals surface area (Å²) in [5, 5.41) is 8.87. The first-order valence-corrected chi connectivity index (χ1v) is 6.72. The highest BCUT2D eigenvalue weighted by atomic mass is 35.5. The highest BCUT2D eigenvalue weighted by Crippen LogP contribution is 2.35. The van der Waals surface area contributed by atoms with Gasteiger partial charge in [-0.3, -0.25) is 4.40 Å². The zero-order valence-corrected chi connectivity index (χ0v) is 12.6. The number of aromatic nitrogens is 4. The largest absolute Gasteiger partial charge is 0.496 e. The summed E-state index contributed by atoms with van der Waals surface area (Å²) >= 11 is 6.12. The van der Waals surface area contributed by atoms with Crippen LogP contribution in [0.2, 0.25) is 5.02 Å². The number of halogens is 1. The number of hydrogen-bond donors (Lipinski definition) is 1. The highest BCUT2D eigenvalue weighted by Gasteiger charge is 2.17. The first-order chi connectivity index (χ1) is 10.0. The van der Waals surface area contributed by atoms with Crippen molar-refractivity contribution in [1.82, 2.24) is 19.6 Å². The number of hydrogen-bond acceptors (Lipinski definition) is 5. The van der Waals surface area contributed by atoms with Crippen molar-refractivity contribution in [3.63, 3.8) is 0 Å². The predicted octanol–water partition coefficient (Wildman–Crippen LogP) is 2.65. The number of nitrogen functional groups attached to an aromatic ring is 1. The van der Waals surface area contributed by atoms with Crippen LogP contribution in [0.5, 0.6) is 5.75 Å². The predicted molar refractivity (Wildman–Crippen MR) is 81.7 cm³/mol. The van der Waals surface area contributed by atoms with Crippen LogP contribution in [-0.4, -0.2) is 26.7 Å². The van der Waals surface area contributed by atoms with Crippen LogP contribution in [0.4, 0.5) is 5.69 Å². The van der Waals surface area contributed by atoms with Gasteiger partial charge in [-0.25, -0.2) is 4.98 Å². The van der Waals surface area contributed by atoms with Crippen molar-refractivity contribution in [1.29, 1.82) is 0 Å². The molecule has 0 amide bonds. The lowest BCUT2D eigenvalue weighted by atomic mass is 10.1. The summed E-state index contributed by atoms with van der Waals surface area (Å²) in [6.07, 6.45) is 0. The number of nitrogens with two attached hydrogens (primary N) is 1. The molecule has 3 aromatic rings. The van der Waals surface area contributed by atoms with Crippen LogP contribution in [0, 0.1) is 13.8 Å². The third-order valence-electron chi connectivity index (χ3n) is 3.25. The Balaban J connectivity index is 2.33. The molecular formula is C14H14ClN5O. The topological polar surface area (TPSA) is 78.3 Å². The maximum atomic E-state index is 6.12. The molecule has 0 unspecified atom stereocenters. The quantitative estimate of drug-likeness (QED) is 0.736. The molecule has 0 atom stereocenters. The van der Waals surface area contributed by atoms with Gasteiger partial charge in [0.05, 0.1) is 23.4 Å². The van der Waals surface area contributed by atoms with Gasteiger partial charge in [0.15, 0.2) is 11.5 Å². The summed E-state index contributed by atoms with van der Waals surface area (Å²) in [4.78, 5) is 4.44. The van der Waals surface area contributed by atoms with E-state index in [2.05, 4.69) is 15.2 Å². The number of anilines is 1. The minimum atomic E-state index is 0.445. The smallest absolute Gasteiger partial charge is 0.173 e. The molecule has 0 spiro atoms. The van der Waals surface area contributed by atoms with Crippen LogP contribution >= 0.6 is 11.6 Å². The van der Waals surface area contributed by atoms with Gasteiger partial charge >= 0.3 is 0 Å². The summed E-state index contributed by atoms with van der Waals surface area (Å²) in [6.45, 7) is 3.82. The molecule has 2 aromatic heterocycles. The first-order valence-electron chi connectivity index (χ1n) is 6.34. The van der Waals surface area contributed by atoms with E-state index in [0.29, 0.717) is 22.3 Å². The zero-order chi connectivity index (χ0) is 15.1. The third kappa shape index (κ3) is 2.17. The fourth-order valence-electron chi connectivity index (χ4n) is 2.32. The Morgan fingerprint density at radius 2 is 1.95 bits per heavy atom. The van der Waals surface area contributed by atoms with Crippen LogP contribution in [0.3, 0.4) is 0 Å². The maximum Gasteiger partial charge on any atom is 0.173 e. The number of methoxy groups -OCH3 is 1. The molecule has 2 N–H and O–H groups in total. The van der Waals surface area contributed by atoms with Crippen molar-refractivity contribution in [3.05, 3.63) is 34.7 Å². The van der Waals surface area contributed by atoms with Crippen LogP contribution < -0.4 is 10.5 Å². The molecule has 0 aliphatic rings. The van der Waals surface area contributed by atoms with Crippen molar-refractivity contribution in [2.24, 2.45) is 0 Å². The lowest BCUT2D eigenvalue weighted by Gasteiger charge is -2.10. The minimum Gasteiger partial charge on any atom is -0.496 e. The number of fused-ring (bicyclic) bond motifs is 1. The summed E-state index contributed by atoms with van der Waals surface area (Å²) in [5.74, 6) is 2.00. The van der Waals surface area contributed by atoms with E-state index in [4.69, 9.17) is 22.1 Å². The molecule has 21 heavy (non-hydrogen) atoms. The molecule has 2 heterocycles. The molecule has 3 rings (SSSR count). The molecule has 0 aliphatic carbocycles. The van der Waals surface area contributed by atoms with E-state index in [9.17, 15) is 0 Å². The Morgan fingerprint density at radius 1 is 1.19 bits per heavy atom. The fourth-order valence-corrected chi connectivity index (χ4v) is 2.48. The van der Waals surface area contributed by atoms with E-state index in [-0.39, 0.29) is 0 Å². The SMILES string of the molecule is COc1cc(N)c(Cl)cc1-c1nnc2cc(C)nc(C)n12. The van der Waals surface area contributed by atoms with E-state index < -0.39 is 0 Å². The number of rotatable bonds is 2. The Kier molecular flexibility index (Phi) is 3.17. The second kappa shape index (κ2) is 4.89. The Morgan fingerprint density at radius 3 is 2.67 bits per heavy atom. The van der Waals surface area contributed by atoms with Crippen LogP contribution in [0.15, 0.2) is 18.2 Å². The molecule has 1 aromatic carbocycles.